The Morgan fingerprint density at radius 1 is 0.667 bits per heavy atom. The monoisotopic (exact) mass is 811 g/mol. The SMILES string of the molecule is CC(C)(C)c1cc(-c2cc(-c3[c-]c4c(cc3)Oc3ccccc3N4c3ccccn3)nc(-c3ccccc3O)c2)cc(C(C)(C)C)c1.[Pt]. The summed E-state index contributed by atoms with van der Waals surface area (Å²) in [6, 6.07) is 39.9. The summed E-state index contributed by atoms with van der Waals surface area (Å²) in [5.41, 5.74) is 9.11. The Kier molecular flexibility index (Phi) is 8.78. The van der Waals surface area contributed by atoms with Crippen LogP contribution in [0, 0.1) is 6.07 Å². The number of fused-ring (bicyclic) bond motifs is 2. The molecule has 0 atom stereocenters. The van der Waals surface area contributed by atoms with Crippen molar-refractivity contribution in [1.29, 1.82) is 0 Å². The number of anilines is 3. The molecular formula is C42H38N3O2Pt-. The summed E-state index contributed by atoms with van der Waals surface area (Å²) < 4.78 is 6.36. The first-order chi connectivity index (χ1) is 22.5. The van der Waals surface area contributed by atoms with E-state index in [1.807, 2.05) is 72.8 Å². The Morgan fingerprint density at radius 3 is 2.00 bits per heavy atom. The molecule has 0 unspecified atom stereocenters. The minimum Gasteiger partial charge on any atom is -0.507 e. The molecular weight excluding hydrogens is 774 g/mol. The van der Waals surface area contributed by atoms with E-state index in [0.29, 0.717) is 17.0 Å². The van der Waals surface area contributed by atoms with Gasteiger partial charge in [0.05, 0.1) is 17.1 Å². The fourth-order valence-electron chi connectivity index (χ4n) is 5.88. The third-order valence-corrected chi connectivity index (χ3v) is 8.60. The molecule has 1 N–H and O–H groups in total. The van der Waals surface area contributed by atoms with E-state index in [1.54, 1.807) is 12.3 Å². The molecule has 3 heterocycles. The first-order valence-electron chi connectivity index (χ1n) is 16.0. The Bertz CT molecular complexity index is 2080. The molecule has 48 heavy (non-hydrogen) atoms. The number of pyridine rings is 2. The summed E-state index contributed by atoms with van der Waals surface area (Å²) in [7, 11) is 0. The zero-order chi connectivity index (χ0) is 32.9. The quantitative estimate of drug-likeness (QED) is 0.179. The molecule has 2 aromatic heterocycles. The van der Waals surface area contributed by atoms with Crippen molar-refractivity contribution in [2.24, 2.45) is 0 Å². The number of phenols is 1. The minimum atomic E-state index is -0.0378. The number of benzene rings is 4. The van der Waals surface area contributed by atoms with Gasteiger partial charge in [0.25, 0.3) is 0 Å². The summed E-state index contributed by atoms with van der Waals surface area (Å²) in [4.78, 5) is 11.9. The van der Waals surface area contributed by atoms with E-state index in [2.05, 4.69) is 87.8 Å². The summed E-state index contributed by atoms with van der Waals surface area (Å²) >= 11 is 0. The number of para-hydroxylation sites is 3. The van der Waals surface area contributed by atoms with Gasteiger partial charge in [0.1, 0.15) is 17.3 Å². The third-order valence-electron chi connectivity index (χ3n) is 8.60. The van der Waals surface area contributed by atoms with Crippen LogP contribution in [0.2, 0.25) is 0 Å². The van der Waals surface area contributed by atoms with Gasteiger partial charge in [-0.1, -0.05) is 96.1 Å². The predicted octanol–water partition coefficient (Wildman–Crippen LogP) is 11.2. The average molecular weight is 812 g/mol. The van der Waals surface area contributed by atoms with Crippen molar-refractivity contribution in [3.05, 3.63) is 133 Å². The van der Waals surface area contributed by atoms with Crippen LogP contribution in [0.15, 0.2) is 115 Å². The van der Waals surface area contributed by atoms with Gasteiger partial charge >= 0.3 is 0 Å². The predicted molar refractivity (Wildman–Crippen MR) is 191 cm³/mol. The number of hydrogen-bond acceptors (Lipinski definition) is 5. The van der Waals surface area contributed by atoms with E-state index in [9.17, 15) is 5.11 Å². The van der Waals surface area contributed by atoms with Crippen molar-refractivity contribution in [2.45, 2.75) is 52.4 Å². The first-order valence-corrected chi connectivity index (χ1v) is 16.0. The zero-order valence-corrected chi connectivity index (χ0v) is 30.3. The van der Waals surface area contributed by atoms with Crippen molar-refractivity contribution in [1.82, 2.24) is 9.97 Å². The van der Waals surface area contributed by atoms with Crippen LogP contribution < -0.4 is 9.64 Å². The van der Waals surface area contributed by atoms with Gasteiger partial charge in [-0.25, -0.2) is 4.98 Å². The summed E-state index contributed by atoms with van der Waals surface area (Å²) in [6.07, 6.45) is 1.79. The minimum absolute atomic E-state index is 0. The van der Waals surface area contributed by atoms with Crippen LogP contribution in [0.25, 0.3) is 33.6 Å². The molecule has 0 radical (unpaired) electrons. The normalized spacial score (nSPS) is 12.4. The van der Waals surface area contributed by atoms with Crippen molar-refractivity contribution >= 4 is 17.2 Å². The number of nitrogens with zero attached hydrogens (tertiary/aromatic N) is 3. The van der Waals surface area contributed by atoms with Crippen LogP contribution in [0.5, 0.6) is 17.2 Å². The zero-order valence-electron chi connectivity index (χ0n) is 28.0. The molecule has 0 amide bonds. The molecule has 6 aromatic rings. The number of rotatable bonds is 4. The molecule has 0 saturated carbocycles. The molecule has 7 rings (SSSR count). The molecule has 0 aliphatic carbocycles. The Hall–Kier alpha value is -4.73. The van der Waals surface area contributed by atoms with Gasteiger partial charge in [-0.2, -0.15) is 0 Å². The Labute approximate surface area is 297 Å². The smallest absolute Gasteiger partial charge is 0.138 e. The summed E-state index contributed by atoms with van der Waals surface area (Å²) in [6.45, 7) is 13.5. The molecule has 1 aliphatic heterocycles. The van der Waals surface area contributed by atoms with Crippen molar-refractivity contribution < 1.29 is 30.9 Å². The summed E-state index contributed by atoms with van der Waals surface area (Å²) in [5, 5.41) is 10.9. The van der Waals surface area contributed by atoms with Gasteiger partial charge in [-0.3, -0.25) is 4.98 Å². The van der Waals surface area contributed by atoms with Crippen LogP contribution in [0.1, 0.15) is 52.7 Å². The van der Waals surface area contributed by atoms with E-state index in [4.69, 9.17) is 9.72 Å². The van der Waals surface area contributed by atoms with Crippen molar-refractivity contribution in [3.8, 4) is 50.9 Å². The molecule has 4 aromatic carbocycles. The standard InChI is InChI=1S/C42H38N3O2.Pt/c1-41(2,3)30-21-28(22-31(26-30)42(4,5)6)29-23-33(44-34(24-29)32-13-7-9-15-37(32)46)27-18-19-39-36(25-27)45(40-17-11-12-20-43-40)35-14-8-10-16-38(35)47-39;/h7-24,26,46H,1-6H3;/q-1;. The van der Waals surface area contributed by atoms with Crippen LogP contribution in [0.4, 0.5) is 17.2 Å². The second kappa shape index (κ2) is 12.7. The summed E-state index contributed by atoms with van der Waals surface area (Å²) in [5.74, 6) is 2.39. The van der Waals surface area contributed by atoms with Crippen LogP contribution in [0.3, 0.4) is 0 Å². The van der Waals surface area contributed by atoms with Gasteiger partial charge in [0.2, 0.25) is 0 Å². The van der Waals surface area contributed by atoms with Crippen LogP contribution >= 0.6 is 0 Å². The number of phenolic OH excluding ortho intramolecular Hbond substituents is 1. The van der Waals surface area contributed by atoms with Gasteiger partial charge in [-0.15, -0.1) is 23.8 Å². The first kappa shape index (κ1) is 33.2. The molecule has 1 aliphatic rings. The van der Waals surface area contributed by atoms with E-state index in [1.165, 1.54) is 11.1 Å². The maximum absolute atomic E-state index is 10.9. The van der Waals surface area contributed by atoms with E-state index in [0.717, 1.165) is 45.3 Å². The Balaban J connectivity index is 0.00000401. The molecule has 0 spiro atoms. The molecule has 5 nitrogen and oxygen atoms in total. The molecule has 0 saturated heterocycles. The van der Waals surface area contributed by atoms with Gasteiger partial charge < -0.3 is 14.7 Å². The van der Waals surface area contributed by atoms with Crippen molar-refractivity contribution in [3.63, 3.8) is 0 Å². The third kappa shape index (κ3) is 6.40. The fraction of sp³-hybridized carbons (Fsp3) is 0.190. The van der Waals surface area contributed by atoms with Gasteiger partial charge in [0.15, 0.2) is 0 Å². The second-order valence-corrected chi connectivity index (χ2v) is 14.1. The fourth-order valence-corrected chi connectivity index (χ4v) is 5.88. The second-order valence-electron chi connectivity index (χ2n) is 14.1. The average Bonchev–Trinajstić information content (AvgIpc) is 3.06. The maximum Gasteiger partial charge on any atom is 0.138 e. The molecule has 0 fully saturated rings. The van der Waals surface area contributed by atoms with Crippen LogP contribution in [-0.4, -0.2) is 15.1 Å². The topological polar surface area (TPSA) is 58.5 Å². The largest absolute Gasteiger partial charge is 0.507 e. The van der Waals surface area contributed by atoms with E-state index in [-0.39, 0.29) is 37.6 Å². The number of ether oxygens (including phenoxy) is 1. The number of aromatic hydroxyl groups is 1. The van der Waals surface area contributed by atoms with Crippen LogP contribution in [-0.2, 0) is 31.9 Å². The maximum atomic E-state index is 10.9. The molecule has 244 valence electrons. The van der Waals surface area contributed by atoms with E-state index >= 15 is 0 Å². The van der Waals surface area contributed by atoms with Gasteiger partial charge in [0, 0.05) is 38.5 Å². The number of aromatic nitrogens is 2. The molecule has 0 bridgehead atoms. The van der Waals surface area contributed by atoms with Gasteiger partial charge in [-0.05, 0) is 81.2 Å². The van der Waals surface area contributed by atoms with E-state index < -0.39 is 0 Å². The Morgan fingerprint density at radius 2 is 1.31 bits per heavy atom. The molecule has 6 heteroatoms. The van der Waals surface area contributed by atoms with Crippen molar-refractivity contribution in [2.75, 3.05) is 4.90 Å². The number of hydrogen-bond donors (Lipinski definition) is 1.